The number of nitrogens with zero attached hydrogens (tertiary/aromatic N) is 4. The quantitative estimate of drug-likeness (QED) is 0.293. The third-order valence-electron chi connectivity index (χ3n) is 5.15. The molecule has 4 rings (SSSR count). The second kappa shape index (κ2) is 9.27. The van der Waals surface area contributed by atoms with Gasteiger partial charge in [-0.15, -0.1) is 10.2 Å². The summed E-state index contributed by atoms with van der Waals surface area (Å²) in [4.78, 5) is 17.3. The minimum Gasteiger partial charge on any atom is -0.298 e. The Labute approximate surface area is 186 Å². The van der Waals surface area contributed by atoms with E-state index in [0.717, 1.165) is 38.8 Å². The molecule has 2 aromatic heterocycles. The van der Waals surface area contributed by atoms with E-state index in [1.54, 1.807) is 12.4 Å². The first-order valence-electron chi connectivity index (χ1n) is 10.2. The molecule has 31 heavy (non-hydrogen) atoms. The number of aromatic nitrogens is 4. The zero-order valence-electron chi connectivity index (χ0n) is 17.8. The average Bonchev–Trinajstić information content (AvgIpc) is 3.18. The highest BCUT2D eigenvalue weighted by Gasteiger charge is 2.23. The standard InChI is InChI=1S/C25H24N4OS/c1-17-9-10-18(2)22(15-17)23(30)19(3)31-25-28-27-24(21-11-13-26-14-12-21)29(25)16-20-7-5-4-6-8-20/h4-15,19H,16H2,1-3H3/t19-/m1/s1. The fraction of sp³-hybridized carbons (Fsp3) is 0.200. The summed E-state index contributed by atoms with van der Waals surface area (Å²) in [6.07, 6.45) is 3.49. The van der Waals surface area contributed by atoms with Crippen molar-refractivity contribution < 1.29 is 4.79 Å². The van der Waals surface area contributed by atoms with Crippen molar-refractivity contribution in [1.29, 1.82) is 0 Å². The van der Waals surface area contributed by atoms with Crippen LogP contribution in [0.1, 0.15) is 34.0 Å². The predicted molar refractivity (Wildman–Crippen MR) is 124 cm³/mol. The second-order valence-electron chi connectivity index (χ2n) is 7.56. The lowest BCUT2D eigenvalue weighted by Gasteiger charge is -2.14. The molecule has 0 aliphatic rings. The zero-order chi connectivity index (χ0) is 21.8. The van der Waals surface area contributed by atoms with Crippen LogP contribution < -0.4 is 0 Å². The number of benzene rings is 2. The van der Waals surface area contributed by atoms with Crippen molar-refractivity contribution in [3.8, 4) is 11.4 Å². The first-order valence-corrected chi connectivity index (χ1v) is 11.1. The number of thioether (sulfide) groups is 1. The Morgan fingerprint density at radius 2 is 1.74 bits per heavy atom. The Balaban J connectivity index is 1.67. The van der Waals surface area contributed by atoms with Gasteiger partial charge in [-0.05, 0) is 50.1 Å². The van der Waals surface area contributed by atoms with E-state index in [1.165, 1.54) is 11.8 Å². The third kappa shape index (κ3) is 4.75. The van der Waals surface area contributed by atoms with Crippen LogP contribution in [0.2, 0.25) is 0 Å². The molecule has 0 radical (unpaired) electrons. The number of carbonyl (C=O) groups is 1. The van der Waals surface area contributed by atoms with Crippen LogP contribution in [-0.2, 0) is 6.54 Å². The second-order valence-corrected chi connectivity index (χ2v) is 8.86. The number of ketones is 1. The van der Waals surface area contributed by atoms with Gasteiger partial charge < -0.3 is 0 Å². The maximum atomic E-state index is 13.2. The maximum absolute atomic E-state index is 13.2. The first kappa shape index (κ1) is 21.0. The SMILES string of the molecule is Cc1ccc(C)c(C(=O)[C@@H](C)Sc2nnc(-c3ccncc3)n2Cc2ccccc2)c1. The molecule has 2 heterocycles. The molecule has 0 amide bonds. The molecule has 6 heteroatoms. The van der Waals surface area contributed by atoms with E-state index in [0.29, 0.717) is 6.54 Å². The molecular weight excluding hydrogens is 404 g/mol. The molecule has 0 fully saturated rings. The van der Waals surface area contributed by atoms with Crippen molar-refractivity contribution in [1.82, 2.24) is 19.7 Å². The number of carbonyl (C=O) groups excluding carboxylic acids is 1. The third-order valence-corrected chi connectivity index (χ3v) is 6.23. The summed E-state index contributed by atoms with van der Waals surface area (Å²) in [5, 5.41) is 9.34. The molecule has 0 bridgehead atoms. The lowest BCUT2D eigenvalue weighted by atomic mass is 10.0. The van der Waals surface area contributed by atoms with Crippen molar-refractivity contribution in [3.05, 3.63) is 95.3 Å². The Morgan fingerprint density at radius 3 is 2.48 bits per heavy atom. The summed E-state index contributed by atoms with van der Waals surface area (Å²) in [5.74, 6) is 0.867. The molecule has 0 aliphatic carbocycles. The zero-order valence-corrected chi connectivity index (χ0v) is 18.6. The van der Waals surface area contributed by atoms with Gasteiger partial charge in [0.15, 0.2) is 16.8 Å². The van der Waals surface area contributed by atoms with Gasteiger partial charge in [0.05, 0.1) is 11.8 Å². The van der Waals surface area contributed by atoms with Crippen molar-refractivity contribution in [2.45, 2.75) is 37.7 Å². The van der Waals surface area contributed by atoms with Crippen LogP contribution >= 0.6 is 11.8 Å². The number of aryl methyl sites for hydroxylation is 2. The largest absolute Gasteiger partial charge is 0.298 e. The van der Waals surface area contributed by atoms with Gasteiger partial charge in [0.2, 0.25) is 0 Å². The maximum Gasteiger partial charge on any atom is 0.192 e. The Bertz CT molecular complexity index is 1190. The van der Waals surface area contributed by atoms with Crippen LogP contribution in [0.15, 0.2) is 78.2 Å². The molecule has 156 valence electrons. The van der Waals surface area contributed by atoms with Crippen LogP contribution in [0.5, 0.6) is 0 Å². The summed E-state index contributed by atoms with van der Waals surface area (Å²) >= 11 is 1.45. The molecule has 0 aliphatic heterocycles. The molecule has 0 unspecified atom stereocenters. The van der Waals surface area contributed by atoms with Gasteiger partial charge in [-0.1, -0.05) is 59.8 Å². The van der Waals surface area contributed by atoms with E-state index in [-0.39, 0.29) is 11.0 Å². The van der Waals surface area contributed by atoms with E-state index in [1.807, 2.05) is 69.3 Å². The highest BCUT2D eigenvalue weighted by molar-refractivity contribution is 8.00. The Hall–Kier alpha value is -3.25. The van der Waals surface area contributed by atoms with Gasteiger partial charge in [-0.25, -0.2) is 0 Å². The van der Waals surface area contributed by atoms with Gasteiger partial charge in [0.1, 0.15) is 0 Å². The number of Topliss-reactive ketones (excluding diaryl/α,β-unsaturated/α-hetero) is 1. The number of rotatable bonds is 7. The van der Waals surface area contributed by atoms with E-state index in [2.05, 4.69) is 31.9 Å². The monoisotopic (exact) mass is 428 g/mol. The predicted octanol–water partition coefficient (Wildman–Crippen LogP) is 5.37. The van der Waals surface area contributed by atoms with Crippen molar-refractivity contribution >= 4 is 17.5 Å². The summed E-state index contributed by atoms with van der Waals surface area (Å²) in [7, 11) is 0. The molecule has 2 aromatic carbocycles. The first-order chi connectivity index (χ1) is 15.0. The van der Waals surface area contributed by atoms with Crippen LogP contribution in [0, 0.1) is 13.8 Å². The van der Waals surface area contributed by atoms with E-state index < -0.39 is 0 Å². The number of hydrogen-bond acceptors (Lipinski definition) is 5. The topological polar surface area (TPSA) is 60.7 Å². The molecule has 0 saturated carbocycles. The van der Waals surface area contributed by atoms with Crippen molar-refractivity contribution in [3.63, 3.8) is 0 Å². The summed E-state index contributed by atoms with van der Waals surface area (Å²) in [5.41, 5.74) is 4.93. The Kier molecular flexibility index (Phi) is 6.28. The smallest absolute Gasteiger partial charge is 0.192 e. The summed E-state index contributed by atoms with van der Waals surface area (Å²) < 4.78 is 2.07. The number of pyridine rings is 1. The van der Waals surface area contributed by atoms with Crippen LogP contribution in [0.25, 0.3) is 11.4 Å². The van der Waals surface area contributed by atoms with E-state index in [4.69, 9.17) is 0 Å². The lowest BCUT2D eigenvalue weighted by molar-refractivity contribution is 0.0993. The lowest BCUT2D eigenvalue weighted by Crippen LogP contribution is -2.16. The summed E-state index contributed by atoms with van der Waals surface area (Å²) in [6, 6.07) is 20.0. The normalized spacial score (nSPS) is 12.0. The summed E-state index contributed by atoms with van der Waals surface area (Å²) in [6.45, 7) is 6.54. The molecular formula is C25H24N4OS. The molecule has 5 nitrogen and oxygen atoms in total. The Morgan fingerprint density at radius 1 is 1.00 bits per heavy atom. The molecule has 0 N–H and O–H groups in total. The van der Waals surface area contributed by atoms with Gasteiger partial charge in [0.25, 0.3) is 0 Å². The minimum atomic E-state index is -0.287. The highest BCUT2D eigenvalue weighted by Crippen LogP contribution is 2.29. The van der Waals surface area contributed by atoms with Gasteiger partial charge in [-0.3, -0.25) is 14.3 Å². The molecule has 1 atom stereocenters. The van der Waals surface area contributed by atoms with E-state index in [9.17, 15) is 4.79 Å². The average molecular weight is 429 g/mol. The van der Waals surface area contributed by atoms with Crippen molar-refractivity contribution in [2.75, 3.05) is 0 Å². The molecule has 4 aromatic rings. The number of hydrogen-bond donors (Lipinski definition) is 0. The van der Waals surface area contributed by atoms with Crippen LogP contribution in [0.3, 0.4) is 0 Å². The van der Waals surface area contributed by atoms with Crippen molar-refractivity contribution in [2.24, 2.45) is 0 Å². The minimum absolute atomic E-state index is 0.103. The van der Waals surface area contributed by atoms with Crippen LogP contribution in [-0.4, -0.2) is 30.8 Å². The van der Waals surface area contributed by atoms with Gasteiger partial charge in [-0.2, -0.15) is 0 Å². The fourth-order valence-electron chi connectivity index (χ4n) is 3.43. The highest BCUT2D eigenvalue weighted by atomic mass is 32.2. The fourth-order valence-corrected chi connectivity index (χ4v) is 4.35. The molecule has 0 spiro atoms. The van der Waals surface area contributed by atoms with Crippen LogP contribution in [0.4, 0.5) is 0 Å². The van der Waals surface area contributed by atoms with Gasteiger partial charge >= 0.3 is 0 Å². The molecule has 0 saturated heterocycles. The van der Waals surface area contributed by atoms with Gasteiger partial charge in [0, 0.05) is 23.5 Å². The van der Waals surface area contributed by atoms with E-state index >= 15 is 0 Å².